The van der Waals surface area contributed by atoms with Gasteiger partial charge in [-0.25, -0.2) is 4.79 Å². The van der Waals surface area contributed by atoms with Gasteiger partial charge in [0.15, 0.2) is 5.11 Å². The van der Waals surface area contributed by atoms with E-state index in [1.807, 2.05) is 26.1 Å². The number of anilines is 1. The first-order valence-electron chi connectivity index (χ1n) is 7.22. The number of hydrogen-bond acceptors (Lipinski definition) is 5. The second-order valence-electron chi connectivity index (χ2n) is 5.24. The number of ether oxygens (including phenoxy) is 2. The molecule has 3 N–H and O–H groups in total. The molecule has 0 saturated heterocycles. The van der Waals surface area contributed by atoms with Crippen LogP contribution in [0.4, 0.5) is 5.69 Å². The molecule has 124 valence electrons. The van der Waals surface area contributed by atoms with Crippen LogP contribution in [0.2, 0.25) is 0 Å². The van der Waals surface area contributed by atoms with Crippen molar-refractivity contribution in [2.75, 3.05) is 33.1 Å². The minimum Gasteiger partial charge on any atom is -0.460 e. The number of carbonyl (C=O) groups is 1. The first kappa shape index (κ1) is 17.2. The lowest BCUT2D eigenvalue weighted by molar-refractivity contribution is -0.140. The molecule has 1 aliphatic rings. The fourth-order valence-electron chi connectivity index (χ4n) is 2.33. The number of nitrogens with two attached hydrogens (primary N) is 1. The Hall–Kier alpha value is -2.12. The summed E-state index contributed by atoms with van der Waals surface area (Å²) in [6.45, 7) is 2.41. The van der Waals surface area contributed by atoms with Gasteiger partial charge in [0.1, 0.15) is 6.61 Å². The average Bonchev–Trinajstić information content (AvgIpc) is 2.53. The van der Waals surface area contributed by atoms with Crippen molar-refractivity contribution in [3.05, 3.63) is 41.1 Å². The van der Waals surface area contributed by atoms with Crippen LogP contribution in [-0.4, -0.2) is 43.4 Å². The third-order valence-corrected chi connectivity index (χ3v) is 4.16. The van der Waals surface area contributed by atoms with Crippen LogP contribution in [0.15, 0.2) is 35.5 Å². The van der Waals surface area contributed by atoms with Crippen molar-refractivity contribution in [2.45, 2.75) is 13.0 Å². The van der Waals surface area contributed by atoms with Crippen LogP contribution >= 0.6 is 12.2 Å². The fraction of sp³-hybridized carbons (Fsp3) is 0.375. The normalized spacial score (nSPS) is 18.0. The summed E-state index contributed by atoms with van der Waals surface area (Å²) in [5.74, 6) is -0.386. The monoisotopic (exact) mass is 335 g/mol. The van der Waals surface area contributed by atoms with E-state index >= 15 is 0 Å². The summed E-state index contributed by atoms with van der Waals surface area (Å²) in [4.78, 5) is 14.3. The molecule has 0 bridgehead atoms. The Morgan fingerprint density at radius 2 is 2.00 bits per heavy atom. The van der Waals surface area contributed by atoms with Gasteiger partial charge in [-0.2, -0.15) is 0 Å². The van der Waals surface area contributed by atoms with Gasteiger partial charge in [0.25, 0.3) is 0 Å². The summed E-state index contributed by atoms with van der Waals surface area (Å²) >= 11 is 5.34. The molecule has 0 spiro atoms. The van der Waals surface area contributed by atoms with E-state index in [2.05, 4.69) is 5.32 Å². The van der Waals surface area contributed by atoms with Gasteiger partial charge >= 0.3 is 5.97 Å². The number of esters is 1. The highest BCUT2D eigenvalue weighted by Gasteiger charge is 2.33. The molecule has 0 aliphatic carbocycles. The number of carbonyl (C=O) groups excluding carboxylic acids is 1. The van der Waals surface area contributed by atoms with E-state index in [0.29, 0.717) is 23.0 Å². The topological polar surface area (TPSA) is 76.8 Å². The Morgan fingerprint density at radius 3 is 2.61 bits per heavy atom. The summed E-state index contributed by atoms with van der Waals surface area (Å²) in [5.41, 5.74) is 8.59. The van der Waals surface area contributed by atoms with Crippen LogP contribution in [0, 0.1) is 0 Å². The SMILES string of the molecule is COCCOC(=O)C1=C(C)N(C)C(=S)N[C@H]1c1ccc(N)cc1. The number of nitrogen functional groups attached to an aromatic ring is 1. The van der Waals surface area contributed by atoms with Gasteiger partial charge in [0, 0.05) is 25.5 Å². The molecular weight excluding hydrogens is 314 g/mol. The van der Waals surface area contributed by atoms with Crippen LogP contribution in [0.25, 0.3) is 0 Å². The Bertz CT molecular complexity index is 628. The van der Waals surface area contributed by atoms with Crippen molar-refractivity contribution in [1.82, 2.24) is 10.2 Å². The number of nitrogens with zero attached hydrogens (tertiary/aromatic N) is 1. The molecule has 0 saturated carbocycles. The zero-order valence-corrected chi connectivity index (χ0v) is 14.3. The maximum atomic E-state index is 12.5. The number of allylic oxidation sites excluding steroid dienone is 1. The number of rotatable bonds is 5. The van der Waals surface area contributed by atoms with Gasteiger partial charge in [-0.15, -0.1) is 0 Å². The van der Waals surface area contributed by atoms with Crippen molar-refractivity contribution in [1.29, 1.82) is 0 Å². The lowest BCUT2D eigenvalue weighted by Gasteiger charge is -2.35. The molecule has 0 fully saturated rings. The van der Waals surface area contributed by atoms with Crippen LogP contribution in [0.3, 0.4) is 0 Å². The predicted molar refractivity (Wildman–Crippen MR) is 92.6 cm³/mol. The van der Waals surface area contributed by atoms with Gasteiger partial charge in [0.2, 0.25) is 0 Å². The Kier molecular flexibility index (Phi) is 5.57. The lowest BCUT2D eigenvalue weighted by Crippen LogP contribution is -2.46. The molecule has 0 unspecified atom stereocenters. The van der Waals surface area contributed by atoms with Gasteiger partial charge in [0.05, 0.1) is 18.2 Å². The van der Waals surface area contributed by atoms with E-state index in [-0.39, 0.29) is 18.6 Å². The summed E-state index contributed by atoms with van der Waals surface area (Å²) in [6.07, 6.45) is 0. The van der Waals surface area contributed by atoms with Gasteiger partial charge < -0.3 is 25.4 Å². The van der Waals surface area contributed by atoms with E-state index in [4.69, 9.17) is 27.4 Å². The molecule has 1 heterocycles. The maximum Gasteiger partial charge on any atom is 0.338 e. The highest BCUT2D eigenvalue weighted by molar-refractivity contribution is 7.80. The molecule has 0 aromatic heterocycles. The van der Waals surface area contributed by atoms with Gasteiger partial charge in [-0.05, 0) is 36.8 Å². The molecule has 1 atom stereocenters. The molecule has 2 rings (SSSR count). The van der Waals surface area contributed by atoms with Crippen molar-refractivity contribution in [3.8, 4) is 0 Å². The fourth-order valence-corrected chi connectivity index (χ4v) is 2.59. The zero-order chi connectivity index (χ0) is 17.0. The second-order valence-corrected chi connectivity index (χ2v) is 5.62. The Morgan fingerprint density at radius 1 is 1.35 bits per heavy atom. The van der Waals surface area contributed by atoms with E-state index in [0.717, 1.165) is 11.3 Å². The summed E-state index contributed by atoms with van der Waals surface area (Å²) in [7, 11) is 3.37. The number of nitrogens with one attached hydrogen (secondary N) is 1. The minimum absolute atomic E-state index is 0.203. The van der Waals surface area contributed by atoms with E-state index in [1.165, 1.54) is 0 Å². The standard InChI is InChI=1S/C16H21N3O3S/c1-10-13(15(20)22-9-8-21-3)14(18-16(23)19(10)2)11-4-6-12(17)7-5-11/h4-7,14H,8-9,17H2,1-3H3,(H,18,23)/t14-/m0/s1. The first-order chi connectivity index (χ1) is 11.0. The summed E-state index contributed by atoms with van der Waals surface area (Å²) in [5, 5.41) is 3.73. The van der Waals surface area contributed by atoms with Crippen molar-refractivity contribution < 1.29 is 14.3 Å². The highest BCUT2D eigenvalue weighted by atomic mass is 32.1. The molecule has 0 radical (unpaired) electrons. The largest absolute Gasteiger partial charge is 0.460 e. The van der Waals surface area contributed by atoms with Crippen molar-refractivity contribution in [2.24, 2.45) is 0 Å². The van der Waals surface area contributed by atoms with Gasteiger partial charge in [-0.1, -0.05) is 12.1 Å². The molecule has 0 amide bonds. The van der Waals surface area contributed by atoms with E-state index < -0.39 is 0 Å². The van der Waals surface area contributed by atoms with Crippen LogP contribution < -0.4 is 11.1 Å². The number of hydrogen-bond donors (Lipinski definition) is 2. The molecule has 1 aromatic carbocycles. The van der Waals surface area contributed by atoms with Crippen LogP contribution in [0.5, 0.6) is 0 Å². The third-order valence-electron chi connectivity index (χ3n) is 3.76. The van der Waals surface area contributed by atoms with Gasteiger partial charge in [-0.3, -0.25) is 0 Å². The van der Waals surface area contributed by atoms with E-state index in [9.17, 15) is 4.79 Å². The number of thiocarbonyl (C=S) groups is 1. The quantitative estimate of drug-likeness (QED) is 0.366. The van der Waals surface area contributed by atoms with Crippen LogP contribution in [-0.2, 0) is 14.3 Å². The average molecular weight is 335 g/mol. The van der Waals surface area contributed by atoms with Crippen LogP contribution in [0.1, 0.15) is 18.5 Å². The summed E-state index contributed by atoms with van der Waals surface area (Å²) in [6, 6.07) is 6.96. The number of benzene rings is 1. The summed E-state index contributed by atoms with van der Waals surface area (Å²) < 4.78 is 10.2. The predicted octanol–water partition coefficient (Wildman–Crippen LogP) is 1.59. The molecule has 1 aliphatic heterocycles. The second kappa shape index (κ2) is 7.43. The Labute approximate surface area is 141 Å². The molecule has 6 nitrogen and oxygen atoms in total. The Balaban J connectivity index is 2.35. The zero-order valence-electron chi connectivity index (χ0n) is 13.5. The maximum absolute atomic E-state index is 12.5. The molecule has 23 heavy (non-hydrogen) atoms. The molecular formula is C16H21N3O3S. The molecule has 7 heteroatoms. The first-order valence-corrected chi connectivity index (χ1v) is 7.63. The van der Waals surface area contributed by atoms with E-state index in [1.54, 1.807) is 24.1 Å². The van der Waals surface area contributed by atoms with Crippen molar-refractivity contribution >= 4 is 29.0 Å². The highest BCUT2D eigenvalue weighted by Crippen LogP contribution is 2.31. The third kappa shape index (κ3) is 3.80. The van der Waals surface area contributed by atoms with Crippen molar-refractivity contribution in [3.63, 3.8) is 0 Å². The lowest BCUT2D eigenvalue weighted by atomic mass is 9.95. The number of methoxy groups -OCH3 is 1. The molecule has 1 aromatic rings. The minimum atomic E-state index is -0.386. The smallest absolute Gasteiger partial charge is 0.338 e.